The number of hydrogen-bond donors (Lipinski definition) is 7. The molecule has 1 heterocycles. The lowest BCUT2D eigenvalue weighted by atomic mass is 9.99. The molecule has 10 heteroatoms. The number of amides is 1. The van der Waals surface area contributed by atoms with Gasteiger partial charge in [-0.1, -0.05) is 193 Å². The van der Waals surface area contributed by atoms with Crippen LogP contribution in [0, 0.1) is 5.92 Å². The Kier molecular flexibility index (Phi) is 35.2. The third-order valence-corrected chi connectivity index (χ3v) is 11.6. The lowest BCUT2D eigenvalue weighted by Gasteiger charge is -2.40. The van der Waals surface area contributed by atoms with Crippen molar-refractivity contribution in [3.05, 3.63) is 24.3 Å². The van der Waals surface area contributed by atoms with Crippen LogP contribution in [0.3, 0.4) is 0 Å². The maximum atomic E-state index is 13.0. The van der Waals surface area contributed by atoms with Crippen molar-refractivity contribution in [2.75, 3.05) is 13.2 Å². The van der Waals surface area contributed by atoms with E-state index in [9.17, 15) is 35.4 Å². The molecule has 1 aliphatic rings. The molecule has 0 spiro atoms. The number of rotatable bonds is 39. The van der Waals surface area contributed by atoms with Crippen molar-refractivity contribution >= 4 is 5.91 Å². The second-order valence-corrected chi connectivity index (χ2v) is 17.5. The molecule has 7 N–H and O–H groups in total. The number of aliphatic hydroxyl groups excluding tert-OH is 6. The molecule has 0 bridgehead atoms. The van der Waals surface area contributed by atoms with Crippen LogP contribution in [0.25, 0.3) is 0 Å². The largest absolute Gasteiger partial charge is 0.394 e. The predicted molar refractivity (Wildman–Crippen MR) is 236 cm³/mol. The van der Waals surface area contributed by atoms with Crippen LogP contribution in [-0.4, -0.2) is 98.7 Å². The molecule has 342 valence electrons. The van der Waals surface area contributed by atoms with E-state index in [1.54, 1.807) is 6.08 Å². The van der Waals surface area contributed by atoms with E-state index in [0.717, 1.165) is 38.0 Å². The maximum absolute atomic E-state index is 13.0. The van der Waals surface area contributed by atoms with Crippen LogP contribution in [0.15, 0.2) is 24.3 Å². The van der Waals surface area contributed by atoms with Crippen molar-refractivity contribution < 1.29 is 44.9 Å². The molecular formula is C48H91NO9. The van der Waals surface area contributed by atoms with Crippen LogP contribution >= 0.6 is 0 Å². The van der Waals surface area contributed by atoms with Gasteiger partial charge in [-0.05, 0) is 44.4 Å². The summed E-state index contributed by atoms with van der Waals surface area (Å²) in [7, 11) is 0. The van der Waals surface area contributed by atoms with Gasteiger partial charge in [-0.15, -0.1) is 0 Å². The molecule has 0 aliphatic carbocycles. The van der Waals surface area contributed by atoms with Gasteiger partial charge in [0, 0.05) is 0 Å². The topological polar surface area (TPSA) is 169 Å². The Morgan fingerprint density at radius 3 is 1.59 bits per heavy atom. The first-order valence-electron chi connectivity index (χ1n) is 24.0. The number of nitrogens with one attached hydrogen (secondary N) is 1. The Morgan fingerprint density at radius 1 is 0.621 bits per heavy atom. The van der Waals surface area contributed by atoms with Gasteiger partial charge in [-0.25, -0.2) is 0 Å². The van der Waals surface area contributed by atoms with Crippen molar-refractivity contribution in [2.24, 2.45) is 5.92 Å². The molecule has 10 nitrogen and oxygen atoms in total. The second kappa shape index (κ2) is 37.4. The Bertz CT molecular complexity index is 992. The van der Waals surface area contributed by atoms with Crippen molar-refractivity contribution in [1.29, 1.82) is 0 Å². The lowest BCUT2D eigenvalue weighted by molar-refractivity contribution is -0.302. The fourth-order valence-electron chi connectivity index (χ4n) is 7.58. The van der Waals surface area contributed by atoms with E-state index in [1.807, 2.05) is 12.2 Å². The van der Waals surface area contributed by atoms with Crippen LogP contribution < -0.4 is 5.32 Å². The van der Waals surface area contributed by atoms with Gasteiger partial charge in [0.15, 0.2) is 6.29 Å². The molecule has 1 saturated heterocycles. The molecule has 1 aliphatic heterocycles. The van der Waals surface area contributed by atoms with Crippen LogP contribution in [0.5, 0.6) is 0 Å². The number of allylic oxidation sites excluding steroid dienone is 3. The zero-order valence-corrected chi connectivity index (χ0v) is 37.3. The highest BCUT2D eigenvalue weighted by molar-refractivity contribution is 5.80. The van der Waals surface area contributed by atoms with Crippen LogP contribution in [0.4, 0.5) is 0 Å². The van der Waals surface area contributed by atoms with E-state index in [0.29, 0.717) is 6.42 Å². The summed E-state index contributed by atoms with van der Waals surface area (Å²) in [5.41, 5.74) is 0. The average molecular weight is 826 g/mol. The minimum atomic E-state index is -1.61. The summed E-state index contributed by atoms with van der Waals surface area (Å²) in [6.45, 7) is 5.90. The van der Waals surface area contributed by atoms with E-state index in [1.165, 1.54) is 141 Å². The Hall–Kier alpha value is -1.37. The van der Waals surface area contributed by atoms with Crippen molar-refractivity contribution in [1.82, 2.24) is 5.32 Å². The number of carbonyl (C=O) groups is 1. The molecule has 1 fully saturated rings. The van der Waals surface area contributed by atoms with E-state index in [2.05, 4.69) is 32.2 Å². The zero-order valence-electron chi connectivity index (χ0n) is 37.3. The third kappa shape index (κ3) is 28.2. The summed E-state index contributed by atoms with van der Waals surface area (Å²) in [5, 5.41) is 64.6. The fraction of sp³-hybridized carbons (Fsp3) is 0.896. The summed E-state index contributed by atoms with van der Waals surface area (Å²) in [5.74, 6) is 0.130. The van der Waals surface area contributed by atoms with Crippen LogP contribution in [0.2, 0.25) is 0 Å². The minimum Gasteiger partial charge on any atom is -0.394 e. The smallest absolute Gasteiger partial charge is 0.249 e. The Morgan fingerprint density at radius 2 is 1.09 bits per heavy atom. The molecule has 0 aromatic rings. The van der Waals surface area contributed by atoms with Crippen molar-refractivity contribution in [2.45, 2.75) is 256 Å². The highest BCUT2D eigenvalue weighted by atomic mass is 16.7. The van der Waals surface area contributed by atoms with Gasteiger partial charge in [0.05, 0.1) is 25.4 Å². The monoisotopic (exact) mass is 826 g/mol. The molecule has 58 heavy (non-hydrogen) atoms. The first-order chi connectivity index (χ1) is 28.1. The van der Waals surface area contributed by atoms with Gasteiger partial charge in [0.2, 0.25) is 5.91 Å². The molecular weight excluding hydrogens is 735 g/mol. The van der Waals surface area contributed by atoms with E-state index in [-0.39, 0.29) is 13.0 Å². The van der Waals surface area contributed by atoms with Crippen LogP contribution in [-0.2, 0) is 14.3 Å². The molecule has 0 aromatic carbocycles. The second-order valence-electron chi connectivity index (χ2n) is 17.5. The van der Waals surface area contributed by atoms with Gasteiger partial charge in [-0.3, -0.25) is 4.79 Å². The quantitative estimate of drug-likeness (QED) is 0.0236. The predicted octanol–water partition coefficient (Wildman–Crippen LogP) is 9.11. The fourth-order valence-corrected chi connectivity index (χ4v) is 7.58. The summed E-state index contributed by atoms with van der Waals surface area (Å²) in [6, 6.07) is -0.994. The SMILES string of the molecule is CCCCCCCCCCCCCCCCCCC=CCCC(O)C(=O)NC(COC1OC(CO)C(O)C(O)C1O)C(O)C=CCCCCCCCCCCC(C)C. The maximum Gasteiger partial charge on any atom is 0.249 e. The number of hydrogen-bond acceptors (Lipinski definition) is 9. The van der Waals surface area contributed by atoms with E-state index in [4.69, 9.17) is 9.47 Å². The van der Waals surface area contributed by atoms with Gasteiger partial charge in [0.25, 0.3) is 0 Å². The zero-order chi connectivity index (χ0) is 42.6. The van der Waals surface area contributed by atoms with Crippen molar-refractivity contribution in [3.63, 3.8) is 0 Å². The first kappa shape index (κ1) is 54.6. The van der Waals surface area contributed by atoms with E-state index < -0.39 is 61.5 Å². The summed E-state index contributed by atoms with van der Waals surface area (Å²) in [6.07, 6.45) is 32.9. The van der Waals surface area contributed by atoms with Gasteiger partial charge >= 0.3 is 0 Å². The van der Waals surface area contributed by atoms with Crippen molar-refractivity contribution in [3.8, 4) is 0 Å². The normalized spacial score (nSPS) is 21.7. The molecule has 8 unspecified atom stereocenters. The van der Waals surface area contributed by atoms with Gasteiger partial charge in [0.1, 0.15) is 30.5 Å². The first-order valence-corrected chi connectivity index (χ1v) is 24.0. The number of unbranched alkanes of at least 4 members (excludes halogenated alkanes) is 24. The number of ether oxygens (including phenoxy) is 2. The molecule has 0 radical (unpaired) electrons. The standard InChI is InChI=1S/C48H91NO9/c1-4-5-6-7-8-9-10-11-12-13-14-15-16-17-18-19-24-27-30-33-36-42(52)47(56)49-40(38-57-48-46(55)45(54)44(53)43(37-50)58-48)41(51)35-32-29-26-23-21-20-22-25-28-31-34-39(2)3/h27,30,32,35,39-46,48,50-55H,4-26,28-29,31,33-34,36-38H2,1-3H3,(H,49,56). The summed E-state index contributed by atoms with van der Waals surface area (Å²) in [4.78, 5) is 13.0. The van der Waals surface area contributed by atoms with Crippen LogP contribution in [0.1, 0.15) is 207 Å². The molecule has 1 rings (SSSR count). The lowest BCUT2D eigenvalue weighted by Crippen LogP contribution is -2.60. The minimum absolute atomic E-state index is 0.228. The van der Waals surface area contributed by atoms with Gasteiger partial charge in [-0.2, -0.15) is 0 Å². The molecule has 0 aromatic heterocycles. The molecule has 8 atom stereocenters. The number of carbonyl (C=O) groups excluding carboxylic acids is 1. The molecule has 0 saturated carbocycles. The van der Waals surface area contributed by atoms with Gasteiger partial charge < -0.3 is 45.4 Å². The Labute approximate surface area is 354 Å². The highest BCUT2D eigenvalue weighted by Crippen LogP contribution is 2.23. The van der Waals surface area contributed by atoms with E-state index >= 15 is 0 Å². The summed E-state index contributed by atoms with van der Waals surface area (Å²) >= 11 is 0. The average Bonchev–Trinajstić information content (AvgIpc) is 3.21. The third-order valence-electron chi connectivity index (χ3n) is 11.6. The highest BCUT2D eigenvalue weighted by Gasteiger charge is 2.44. The number of aliphatic hydroxyl groups is 6. The molecule has 1 amide bonds. The summed E-state index contributed by atoms with van der Waals surface area (Å²) < 4.78 is 11.1. The Balaban J connectivity index is 2.38.